The van der Waals surface area contributed by atoms with Crippen molar-refractivity contribution < 1.29 is 4.74 Å². The smallest absolute Gasteiger partial charge is 0.0590 e. The number of hydrogen-bond donors (Lipinski definition) is 2. The second-order valence-corrected chi connectivity index (χ2v) is 4.58. The van der Waals surface area contributed by atoms with E-state index < -0.39 is 0 Å². The molecule has 0 bridgehead atoms. The molecule has 0 aliphatic carbocycles. The Bertz CT molecular complexity index is 188. The Morgan fingerprint density at radius 1 is 1.60 bits per heavy atom. The number of hydrogen-bond acceptors (Lipinski definition) is 3. The molecule has 1 aliphatic heterocycles. The number of allylic oxidation sites excluding steroid dienone is 1. The molecule has 0 aromatic heterocycles. The molecule has 1 aliphatic rings. The first kappa shape index (κ1) is 12.7. The number of rotatable bonds is 6. The normalized spacial score (nSPS) is 23.7. The Kier molecular flexibility index (Phi) is 5.91. The zero-order chi connectivity index (χ0) is 11.1. The summed E-state index contributed by atoms with van der Waals surface area (Å²) in [5, 5.41) is 0. The predicted molar refractivity (Wildman–Crippen MR) is 63.4 cm³/mol. The third-order valence-corrected chi connectivity index (χ3v) is 2.98. The van der Waals surface area contributed by atoms with Gasteiger partial charge in [0, 0.05) is 12.6 Å². The minimum absolute atomic E-state index is 0.366. The van der Waals surface area contributed by atoms with Gasteiger partial charge >= 0.3 is 0 Å². The molecular weight excluding hydrogens is 188 g/mol. The monoisotopic (exact) mass is 212 g/mol. The fraction of sp³-hybridized carbons (Fsp3) is 0.833. The van der Waals surface area contributed by atoms with Crippen LogP contribution in [-0.4, -0.2) is 18.8 Å². The van der Waals surface area contributed by atoms with Crippen molar-refractivity contribution in [2.45, 2.75) is 57.6 Å². The first-order valence-corrected chi connectivity index (χ1v) is 5.94. The van der Waals surface area contributed by atoms with Crippen molar-refractivity contribution in [3.8, 4) is 0 Å². The van der Waals surface area contributed by atoms with Crippen molar-refractivity contribution in [2.75, 3.05) is 6.61 Å². The Hall–Kier alpha value is -0.380. The van der Waals surface area contributed by atoms with E-state index in [1.807, 2.05) is 0 Å². The van der Waals surface area contributed by atoms with Crippen LogP contribution < -0.4 is 11.3 Å². The van der Waals surface area contributed by atoms with Crippen LogP contribution in [0.1, 0.15) is 45.4 Å². The van der Waals surface area contributed by atoms with E-state index in [1.54, 1.807) is 0 Å². The van der Waals surface area contributed by atoms with Crippen LogP contribution in [-0.2, 0) is 4.74 Å². The van der Waals surface area contributed by atoms with Crippen molar-refractivity contribution in [1.29, 1.82) is 0 Å². The standard InChI is InChI=1S/C12H24N2O/c1-10(2)6-7-11(14-13)9-12-5-3-4-8-15-12/h11-12,14H,1,3-9,13H2,2H3. The molecule has 2 unspecified atom stereocenters. The van der Waals surface area contributed by atoms with Crippen LogP contribution in [0.15, 0.2) is 12.2 Å². The molecule has 0 spiro atoms. The molecule has 0 amide bonds. The van der Waals surface area contributed by atoms with Gasteiger partial charge in [0.25, 0.3) is 0 Å². The lowest BCUT2D eigenvalue weighted by Gasteiger charge is -2.26. The van der Waals surface area contributed by atoms with Gasteiger partial charge < -0.3 is 4.74 Å². The molecule has 0 radical (unpaired) electrons. The summed E-state index contributed by atoms with van der Waals surface area (Å²) in [7, 11) is 0. The maximum atomic E-state index is 5.70. The van der Waals surface area contributed by atoms with Gasteiger partial charge in [0.1, 0.15) is 0 Å². The summed E-state index contributed by atoms with van der Waals surface area (Å²) in [5.41, 5.74) is 4.11. The fourth-order valence-electron chi connectivity index (χ4n) is 2.00. The third-order valence-electron chi connectivity index (χ3n) is 2.98. The van der Waals surface area contributed by atoms with Gasteiger partial charge in [-0.2, -0.15) is 0 Å². The average molecular weight is 212 g/mol. The van der Waals surface area contributed by atoms with Crippen molar-refractivity contribution in [1.82, 2.24) is 5.43 Å². The Morgan fingerprint density at radius 2 is 2.40 bits per heavy atom. The molecule has 88 valence electrons. The van der Waals surface area contributed by atoms with Crippen LogP contribution in [0.25, 0.3) is 0 Å². The molecule has 3 nitrogen and oxygen atoms in total. The lowest BCUT2D eigenvalue weighted by molar-refractivity contribution is 0.00472. The summed E-state index contributed by atoms with van der Waals surface area (Å²) in [4.78, 5) is 0. The van der Waals surface area contributed by atoms with Gasteiger partial charge in [0.05, 0.1) is 6.10 Å². The van der Waals surface area contributed by atoms with Crippen LogP contribution in [0.5, 0.6) is 0 Å². The largest absolute Gasteiger partial charge is 0.378 e. The number of nitrogens with one attached hydrogen (secondary N) is 1. The maximum absolute atomic E-state index is 5.70. The lowest BCUT2D eigenvalue weighted by Crippen LogP contribution is -2.39. The minimum atomic E-state index is 0.366. The molecule has 3 N–H and O–H groups in total. The first-order chi connectivity index (χ1) is 7.22. The van der Waals surface area contributed by atoms with Crippen LogP contribution in [0.2, 0.25) is 0 Å². The van der Waals surface area contributed by atoms with E-state index in [1.165, 1.54) is 24.8 Å². The summed E-state index contributed by atoms with van der Waals surface area (Å²) < 4.78 is 5.70. The molecule has 0 saturated carbocycles. The van der Waals surface area contributed by atoms with Crippen LogP contribution in [0, 0.1) is 0 Å². The number of ether oxygens (including phenoxy) is 1. The van der Waals surface area contributed by atoms with Gasteiger partial charge in [-0.25, -0.2) is 0 Å². The van der Waals surface area contributed by atoms with E-state index in [9.17, 15) is 0 Å². The Morgan fingerprint density at radius 3 is 2.93 bits per heavy atom. The topological polar surface area (TPSA) is 47.3 Å². The summed E-state index contributed by atoms with van der Waals surface area (Å²) in [5.74, 6) is 5.54. The van der Waals surface area contributed by atoms with Gasteiger partial charge in [0.2, 0.25) is 0 Å². The van der Waals surface area contributed by atoms with Crippen LogP contribution in [0.4, 0.5) is 0 Å². The van der Waals surface area contributed by atoms with E-state index in [-0.39, 0.29) is 0 Å². The molecular formula is C12H24N2O. The highest BCUT2D eigenvalue weighted by Crippen LogP contribution is 2.19. The second-order valence-electron chi connectivity index (χ2n) is 4.58. The van der Waals surface area contributed by atoms with Gasteiger partial charge in [-0.05, 0) is 45.4 Å². The molecule has 1 fully saturated rings. The molecule has 15 heavy (non-hydrogen) atoms. The SMILES string of the molecule is C=C(C)CCC(CC1CCCCO1)NN. The Labute approximate surface area is 93.0 Å². The highest BCUT2D eigenvalue weighted by molar-refractivity contribution is 4.89. The predicted octanol–water partition coefficient (Wildman–Crippen LogP) is 2.13. The summed E-state index contributed by atoms with van der Waals surface area (Å²) in [6, 6.07) is 0.366. The van der Waals surface area contributed by atoms with E-state index in [0.717, 1.165) is 25.9 Å². The minimum Gasteiger partial charge on any atom is -0.378 e. The summed E-state index contributed by atoms with van der Waals surface area (Å²) in [6.45, 7) is 6.89. The number of nitrogens with two attached hydrogens (primary N) is 1. The number of hydrazine groups is 1. The van der Waals surface area contributed by atoms with Crippen LogP contribution >= 0.6 is 0 Å². The van der Waals surface area contributed by atoms with Gasteiger partial charge in [-0.15, -0.1) is 6.58 Å². The molecule has 2 atom stereocenters. The van der Waals surface area contributed by atoms with E-state index >= 15 is 0 Å². The van der Waals surface area contributed by atoms with E-state index in [2.05, 4.69) is 18.9 Å². The lowest BCUT2D eigenvalue weighted by atomic mass is 9.98. The molecule has 1 saturated heterocycles. The third kappa shape index (κ3) is 5.30. The maximum Gasteiger partial charge on any atom is 0.0590 e. The molecule has 0 aromatic carbocycles. The van der Waals surface area contributed by atoms with Crippen molar-refractivity contribution in [3.63, 3.8) is 0 Å². The van der Waals surface area contributed by atoms with E-state index in [4.69, 9.17) is 10.6 Å². The van der Waals surface area contributed by atoms with Crippen molar-refractivity contribution in [2.24, 2.45) is 5.84 Å². The fourth-order valence-corrected chi connectivity index (χ4v) is 2.00. The zero-order valence-electron chi connectivity index (χ0n) is 9.80. The van der Waals surface area contributed by atoms with Crippen LogP contribution in [0.3, 0.4) is 0 Å². The van der Waals surface area contributed by atoms with E-state index in [0.29, 0.717) is 12.1 Å². The first-order valence-electron chi connectivity index (χ1n) is 5.94. The van der Waals surface area contributed by atoms with Gasteiger partial charge in [0.15, 0.2) is 0 Å². The van der Waals surface area contributed by atoms with Crippen molar-refractivity contribution in [3.05, 3.63) is 12.2 Å². The highest BCUT2D eigenvalue weighted by atomic mass is 16.5. The summed E-state index contributed by atoms with van der Waals surface area (Å²) in [6.07, 6.45) is 7.23. The molecule has 1 heterocycles. The second kappa shape index (κ2) is 6.99. The molecule has 1 rings (SSSR count). The molecule has 3 heteroatoms. The average Bonchev–Trinajstić information content (AvgIpc) is 2.25. The quantitative estimate of drug-likeness (QED) is 0.403. The molecule has 0 aromatic rings. The highest BCUT2D eigenvalue weighted by Gasteiger charge is 2.18. The van der Waals surface area contributed by atoms with Gasteiger partial charge in [-0.3, -0.25) is 11.3 Å². The Balaban J connectivity index is 2.22. The van der Waals surface area contributed by atoms with Crippen molar-refractivity contribution >= 4 is 0 Å². The zero-order valence-corrected chi connectivity index (χ0v) is 9.80. The van der Waals surface area contributed by atoms with Gasteiger partial charge in [-0.1, -0.05) is 5.57 Å². The summed E-state index contributed by atoms with van der Waals surface area (Å²) >= 11 is 0.